The van der Waals surface area contributed by atoms with Gasteiger partial charge in [0.2, 0.25) is 5.89 Å². The second-order valence-electron chi connectivity index (χ2n) is 3.85. The van der Waals surface area contributed by atoms with E-state index in [9.17, 15) is 0 Å². The molecular formula is C14H16N2O3S. The van der Waals surface area contributed by atoms with Crippen molar-refractivity contribution in [2.24, 2.45) is 0 Å². The Kier molecular flexibility index (Phi) is 5.06. The molecule has 0 N–H and O–H groups in total. The minimum atomic E-state index is 0.449. The highest BCUT2D eigenvalue weighted by molar-refractivity contribution is 7.99. The van der Waals surface area contributed by atoms with Gasteiger partial charge in [-0.2, -0.15) is 0 Å². The average molecular weight is 292 g/mol. The summed E-state index contributed by atoms with van der Waals surface area (Å²) in [4.78, 5) is 0. The second kappa shape index (κ2) is 7.00. The molecular weight excluding hydrogens is 276 g/mol. The van der Waals surface area contributed by atoms with E-state index >= 15 is 0 Å². The van der Waals surface area contributed by atoms with E-state index in [1.807, 2.05) is 31.2 Å². The summed E-state index contributed by atoms with van der Waals surface area (Å²) in [5.41, 5.74) is 0.770. The first-order chi connectivity index (χ1) is 9.76. The van der Waals surface area contributed by atoms with Gasteiger partial charge in [-0.05, 0) is 19.1 Å². The molecule has 0 aliphatic heterocycles. The highest BCUT2D eigenvalue weighted by atomic mass is 32.2. The van der Waals surface area contributed by atoms with Crippen LogP contribution in [0.15, 0.2) is 40.0 Å². The fourth-order valence-corrected chi connectivity index (χ4v) is 2.20. The number of thioether (sulfide) groups is 1. The van der Waals surface area contributed by atoms with E-state index in [0.717, 1.165) is 11.3 Å². The zero-order valence-corrected chi connectivity index (χ0v) is 12.4. The number of benzene rings is 1. The van der Waals surface area contributed by atoms with Crippen LogP contribution in [-0.4, -0.2) is 30.2 Å². The number of hydrogen-bond donors (Lipinski definition) is 0. The second-order valence-corrected chi connectivity index (χ2v) is 4.83. The minimum Gasteiger partial charge on any atom is -0.497 e. The lowest BCUT2D eigenvalue weighted by Crippen LogP contribution is -1.88. The van der Waals surface area contributed by atoms with Crippen LogP contribution in [0.3, 0.4) is 0 Å². The van der Waals surface area contributed by atoms with Crippen LogP contribution in [0.25, 0.3) is 11.5 Å². The first-order valence-corrected chi connectivity index (χ1v) is 7.06. The lowest BCUT2D eigenvalue weighted by atomic mass is 10.2. The van der Waals surface area contributed by atoms with E-state index in [2.05, 4.69) is 10.2 Å². The molecule has 1 aromatic carbocycles. The number of aromatic nitrogens is 2. The van der Waals surface area contributed by atoms with Crippen molar-refractivity contribution in [1.82, 2.24) is 10.2 Å². The SMILES string of the molecule is CC=CCSc1nnc(-c2cc(OC)cc(OC)c2)o1. The van der Waals surface area contributed by atoms with Crippen LogP contribution in [0.5, 0.6) is 11.5 Å². The van der Waals surface area contributed by atoms with Gasteiger partial charge in [0.1, 0.15) is 11.5 Å². The molecule has 0 amide bonds. The summed E-state index contributed by atoms with van der Waals surface area (Å²) >= 11 is 1.49. The van der Waals surface area contributed by atoms with Crippen molar-refractivity contribution in [1.29, 1.82) is 0 Å². The Morgan fingerprint density at radius 1 is 1.15 bits per heavy atom. The third-order valence-electron chi connectivity index (χ3n) is 2.54. The molecule has 0 saturated carbocycles. The monoisotopic (exact) mass is 292 g/mol. The van der Waals surface area contributed by atoms with E-state index in [4.69, 9.17) is 13.9 Å². The average Bonchev–Trinajstić information content (AvgIpc) is 2.96. The highest BCUT2D eigenvalue weighted by Crippen LogP contribution is 2.30. The molecule has 0 fully saturated rings. The zero-order valence-electron chi connectivity index (χ0n) is 11.6. The molecule has 1 heterocycles. The van der Waals surface area contributed by atoms with Gasteiger partial charge in [-0.15, -0.1) is 10.2 Å². The Labute approximate surface area is 122 Å². The summed E-state index contributed by atoms with van der Waals surface area (Å²) in [5.74, 6) is 2.62. The predicted octanol–water partition coefficient (Wildman–Crippen LogP) is 3.42. The lowest BCUT2D eigenvalue weighted by Gasteiger charge is -2.05. The normalized spacial score (nSPS) is 10.9. The minimum absolute atomic E-state index is 0.449. The third kappa shape index (κ3) is 3.54. The number of allylic oxidation sites excluding steroid dienone is 1. The molecule has 1 aromatic heterocycles. The van der Waals surface area contributed by atoms with E-state index in [-0.39, 0.29) is 0 Å². The van der Waals surface area contributed by atoms with Crippen molar-refractivity contribution < 1.29 is 13.9 Å². The summed E-state index contributed by atoms with van der Waals surface area (Å²) in [5, 5.41) is 8.59. The smallest absolute Gasteiger partial charge is 0.277 e. The van der Waals surface area contributed by atoms with Gasteiger partial charge in [0.05, 0.1) is 14.2 Å². The fraction of sp³-hybridized carbons (Fsp3) is 0.286. The first-order valence-electron chi connectivity index (χ1n) is 6.07. The Morgan fingerprint density at radius 3 is 2.45 bits per heavy atom. The Morgan fingerprint density at radius 2 is 1.85 bits per heavy atom. The molecule has 5 nitrogen and oxygen atoms in total. The molecule has 2 aromatic rings. The molecule has 6 heteroatoms. The fourth-order valence-electron chi connectivity index (χ4n) is 1.53. The molecule has 0 bridgehead atoms. The number of methoxy groups -OCH3 is 2. The van der Waals surface area contributed by atoms with Gasteiger partial charge >= 0.3 is 0 Å². The van der Waals surface area contributed by atoms with Crippen molar-refractivity contribution in [3.05, 3.63) is 30.4 Å². The maximum Gasteiger partial charge on any atom is 0.277 e. The van der Waals surface area contributed by atoms with Gasteiger partial charge in [-0.1, -0.05) is 23.9 Å². The number of hydrogen-bond acceptors (Lipinski definition) is 6. The summed E-state index contributed by atoms with van der Waals surface area (Å²) in [6.07, 6.45) is 4.01. The summed E-state index contributed by atoms with van der Waals surface area (Å²) in [7, 11) is 3.20. The summed E-state index contributed by atoms with van der Waals surface area (Å²) in [6.45, 7) is 1.97. The lowest BCUT2D eigenvalue weighted by molar-refractivity contribution is 0.394. The molecule has 0 saturated heterocycles. The van der Waals surface area contributed by atoms with Crippen LogP contribution >= 0.6 is 11.8 Å². The van der Waals surface area contributed by atoms with Crippen LogP contribution < -0.4 is 9.47 Å². The molecule has 0 unspecified atom stereocenters. The molecule has 20 heavy (non-hydrogen) atoms. The number of ether oxygens (including phenoxy) is 2. The Hall–Kier alpha value is -1.95. The Balaban J connectivity index is 2.22. The van der Waals surface area contributed by atoms with Crippen molar-refractivity contribution in [2.45, 2.75) is 12.1 Å². The maximum absolute atomic E-state index is 5.61. The van der Waals surface area contributed by atoms with Gasteiger partial charge in [0, 0.05) is 17.4 Å². The van der Waals surface area contributed by atoms with Crippen molar-refractivity contribution >= 4 is 11.8 Å². The van der Waals surface area contributed by atoms with E-state index in [1.54, 1.807) is 20.3 Å². The third-order valence-corrected chi connectivity index (χ3v) is 3.31. The van der Waals surface area contributed by atoms with Crippen LogP contribution in [-0.2, 0) is 0 Å². The van der Waals surface area contributed by atoms with Crippen molar-refractivity contribution in [3.8, 4) is 23.0 Å². The molecule has 0 aliphatic rings. The van der Waals surface area contributed by atoms with Crippen molar-refractivity contribution in [2.75, 3.05) is 20.0 Å². The molecule has 106 valence electrons. The molecule has 0 aliphatic carbocycles. The topological polar surface area (TPSA) is 57.4 Å². The quantitative estimate of drug-likeness (QED) is 0.600. The highest BCUT2D eigenvalue weighted by Gasteiger charge is 2.11. The van der Waals surface area contributed by atoms with Crippen molar-refractivity contribution in [3.63, 3.8) is 0 Å². The number of nitrogens with zero attached hydrogens (tertiary/aromatic N) is 2. The Bertz CT molecular complexity index is 574. The number of rotatable bonds is 6. The van der Waals surface area contributed by atoms with Gasteiger partial charge in [-0.25, -0.2) is 0 Å². The van der Waals surface area contributed by atoms with E-state index < -0.39 is 0 Å². The van der Waals surface area contributed by atoms with E-state index in [0.29, 0.717) is 22.6 Å². The summed E-state index contributed by atoms with van der Waals surface area (Å²) < 4.78 is 16.1. The van der Waals surface area contributed by atoms with Gasteiger partial charge < -0.3 is 13.9 Å². The molecule has 0 atom stereocenters. The van der Waals surface area contributed by atoms with Crippen LogP contribution in [0.1, 0.15) is 6.92 Å². The van der Waals surface area contributed by atoms with Gasteiger partial charge in [0.15, 0.2) is 0 Å². The molecule has 2 rings (SSSR count). The molecule has 0 spiro atoms. The predicted molar refractivity (Wildman–Crippen MR) is 78.4 cm³/mol. The van der Waals surface area contributed by atoms with Gasteiger partial charge in [0.25, 0.3) is 5.22 Å². The molecule has 0 radical (unpaired) electrons. The first kappa shape index (κ1) is 14.5. The van der Waals surface area contributed by atoms with Crippen LogP contribution in [0, 0.1) is 0 Å². The van der Waals surface area contributed by atoms with E-state index in [1.165, 1.54) is 11.8 Å². The van der Waals surface area contributed by atoms with Crippen LogP contribution in [0.2, 0.25) is 0 Å². The van der Waals surface area contributed by atoms with Crippen LogP contribution in [0.4, 0.5) is 0 Å². The summed E-state index contributed by atoms with van der Waals surface area (Å²) in [6, 6.07) is 5.45. The maximum atomic E-state index is 5.61. The largest absolute Gasteiger partial charge is 0.497 e. The zero-order chi connectivity index (χ0) is 14.4. The standard InChI is InChI=1S/C14H16N2O3S/c1-4-5-6-20-14-16-15-13(19-14)10-7-11(17-2)9-12(8-10)18-3/h4-5,7-9H,6H2,1-3H3. The van der Waals surface area contributed by atoms with Gasteiger partial charge in [-0.3, -0.25) is 0 Å².